The summed E-state index contributed by atoms with van der Waals surface area (Å²) in [4.78, 5) is 4.27. The minimum Gasteiger partial charge on any atom is -0.261 e. The van der Waals surface area contributed by atoms with Gasteiger partial charge in [-0.05, 0) is 36.5 Å². The van der Waals surface area contributed by atoms with Crippen LogP contribution in [0.15, 0.2) is 30.5 Å². The molecule has 8 heteroatoms. The van der Waals surface area contributed by atoms with Gasteiger partial charge in [-0.1, -0.05) is 0 Å². The Kier molecular flexibility index (Phi) is 2.21. The molecule has 4 aromatic rings. The van der Waals surface area contributed by atoms with Crippen LogP contribution in [0.25, 0.3) is 28.1 Å². The van der Waals surface area contributed by atoms with Crippen molar-refractivity contribution in [3.8, 4) is 11.4 Å². The highest BCUT2D eigenvalue weighted by Gasteiger charge is 2.13. The van der Waals surface area contributed by atoms with Crippen molar-refractivity contribution in [2.75, 3.05) is 0 Å². The molecule has 0 spiro atoms. The highest BCUT2D eigenvalue weighted by atomic mass is 32.1. The van der Waals surface area contributed by atoms with E-state index in [4.69, 9.17) is 12.2 Å². The Labute approximate surface area is 116 Å². The lowest BCUT2D eigenvalue weighted by Crippen LogP contribution is -1.95. The smallest absolute Gasteiger partial charge is 0.209 e. The third kappa shape index (κ3) is 1.48. The molecule has 6 nitrogen and oxygen atoms in total. The number of nitrogens with one attached hydrogen (secondary N) is 2. The van der Waals surface area contributed by atoms with Crippen LogP contribution in [0, 0.1) is 10.6 Å². The number of nitrogens with zero attached hydrogens (tertiary/aromatic N) is 4. The van der Waals surface area contributed by atoms with Crippen LogP contribution >= 0.6 is 12.2 Å². The molecule has 98 valence electrons. The lowest BCUT2D eigenvalue weighted by atomic mass is 10.2. The maximum absolute atomic E-state index is 13.0. The molecule has 0 aliphatic rings. The molecule has 20 heavy (non-hydrogen) atoms. The predicted molar refractivity (Wildman–Crippen MR) is 73.2 cm³/mol. The number of aromatic amines is 2. The number of rotatable bonds is 1. The largest absolute Gasteiger partial charge is 0.261 e. The van der Waals surface area contributed by atoms with Gasteiger partial charge in [-0.25, -0.2) is 4.39 Å². The molecular formula is C12H7FN6S. The number of benzene rings is 1. The molecule has 0 radical (unpaired) electrons. The molecule has 2 N–H and O–H groups in total. The van der Waals surface area contributed by atoms with Gasteiger partial charge in [0, 0.05) is 5.56 Å². The van der Waals surface area contributed by atoms with E-state index in [9.17, 15) is 4.39 Å². The molecular weight excluding hydrogens is 279 g/mol. The minimum atomic E-state index is -0.299. The van der Waals surface area contributed by atoms with Crippen molar-refractivity contribution < 1.29 is 4.39 Å². The van der Waals surface area contributed by atoms with Gasteiger partial charge in [-0.2, -0.15) is 15.2 Å². The summed E-state index contributed by atoms with van der Waals surface area (Å²) in [5.74, 6) is 0.285. The average molecular weight is 286 g/mol. The second-order valence-corrected chi connectivity index (χ2v) is 4.63. The van der Waals surface area contributed by atoms with Gasteiger partial charge in [-0.15, -0.1) is 0 Å². The minimum absolute atomic E-state index is 0.299. The summed E-state index contributed by atoms with van der Waals surface area (Å²) in [6.45, 7) is 0. The van der Waals surface area contributed by atoms with Crippen LogP contribution in [0.1, 0.15) is 0 Å². The molecule has 0 saturated heterocycles. The van der Waals surface area contributed by atoms with Gasteiger partial charge in [-0.3, -0.25) is 14.6 Å². The number of fused-ring (bicyclic) bond motifs is 3. The summed E-state index contributed by atoms with van der Waals surface area (Å²) < 4.78 is 15.1. The van der Waals surface area contributed by atoms with Gasteiger partial charge in [0.1, 0.15) is 11.5 Å². The maximum Gasteiger partial charge on any atom is 0.209 e. The van der Waals surface area contributed by atoms with Crippen molar-refractivity contribution in [2.45, 2.75) is 0 Å². The summed E-state index contributed by atoms with van der Waals surface area (Å²) >= 11 is 5.28. The number of hydrogen-bond donors (Lipinski definition) is 2. The Morgan fingerprint density at radius 1 is 1.15 bits per heavy atom. The van der Waals surface area contributed by atoms with Gasteiger partial charge in [0.05, 0.1) is 11.6 Å². The van der Waals surface area contributed by atoms with Crippen molar-refractivity contribution in [1.82, 2.24) is 29.8 Å². The third-order valence-corrected chi connectivity index (χ3v) is 3.35. The van der Waals surface area contributed by atoms with Gasteiger partial charge in [0.25, 0.3) is 0 Å². The molecule has 0 saturated carbocycles. The fourth-order valence-electron chi connectivity index (χ4n) is 2.15. The van der Waals surface area contributed by atoms with E-state index in [1.807, 2.05) is 0 Å². The lowest BCUT2D eigenvalue weighted by molar-refractivity contribution is 0.628. The standard InChI is InChI=1S/C12H7FN6S/c13-7-3-1-6(2-4-7)10-17-18-11-8-5-14-16-9(8)15-12(20)19(10)11/h1-5,18H,(H,15,16,20). The zero-order valence-corrected chi connectivity index (χ0v) is 10.8. The second-order valence-electron chi connectivity index (χ2n) is 4.26. The quantitative estimate of drug-likeness (QED) is 0.527. The second kappa shape index (κ2) is 3.94. The molecule has 3 heterocycles. The van der Waals surface area contributed by atoms with Gasteiger partial charge < -0.3 is 0 Å². The summed E-state index contributed by atoms with van der Waals surface area (Å²) in [5, 5.41) is 14.7. The molecule has 0 unspecified atom stereocenters. The maximum atomic E-state index is 13.0. The molecule has 1 aromatic carbocycles. The van der Waals surface area contributed by atoms with E-state index in [-0.39, 0.29) is 5.82 Å². The van der Waals surface area contributed by atoms with Crippen LogP contribution in [-0.4, -0.2) is 29.8 Å². The Morgan fingerprint density at radius 2 is 1.95 bits per heavy atom. The summed E-state index contributed by atoms with van der Waals surface area (Å²) in [6, 6.07) is 6.05. The lowest BCUT2D eigenvalue weighted by Gasteiger charge is -2.00. The zero-order valence-electron chi connectivity index (χ0n) is 9.96. The molecule has 0 fully saturated rings. The molecule has 4 rings (SSSR count). The summed E-state index contributed by atoms with van der Waals surface area (Å²) in [5.41, 5.74) is 2.05. The van der Waals surface area contributed by atoms with E-state index in [0.29, 0.717) is 21.9 Å². The Bertz CT molecular complexity index is 981. The first-order valence-electron chi connectivity index (χ1n) is 5.80. The molecule has 0 aliphatic heterocycles. The summed E-state index contributed by atoms with van der Waals surface area (Å²) in [6.07, 6.45) is 1.65. The van der Waals surface area contributed by atoms with E-state index in [1.54, 1.807) is 22.7 Å². The van der Waals surface area contributed by atoms with Crippen molar-refractivity contribution in [3.63, 3.8) is 0 Å². The molecule has 3 aromatic heterocycles. The third-order valence-electron chi connectivity index (χ3n) is 3.08. The number of H-pyrrole nitrogens is 2. The topological polar surface area (TPSA) is 74.7 Å². The number of aromatic nitrogens is 6. The first-order chi connectivity index (χ1) is 9.74. The van der Waals surface area contributed by atoms with E-state index >= 15 is 0 Å². The van der Waals surface area contributed by atoms with Crippen LogP contribution in [0.4, 0.5) is 4.39 Å². The first-order valence-corrected chi connectivity index (χ1v) is 6.21. The monoisotopic (exact) mass is 286 g/mol. The molecule has 0 amide bonds. The van der Waals surface area contributed by atoms with Crippen LogP contribution < -0.4 is 0 Å². The zero-order chi connectivity index (χ0) is 13.7. The molecule has 0 atom stereocenters. The van der Waals surface area contributed by atoms with E-state index in [2.05, 4.69) is 25.4 Å². The number of halogens is 1. The van der Waals surface area contributed by atoms with Crippen LogP contribution in [0.5, 0.6) is 0 Å². The SMILES string of the molecule is Fc1ccc(-c2n[nH]c3c4cn[nH]c4nc(=S)n23)cc1. The average Bonchev–Trinajstić information content (AvgIpc) is 3.05. The van der Waals surface area contributed by atoms with Crippen molar-refractivity contribution >= 4 is 28.9 Å². The molecule has 0 bridgehead atoms. The summed E-state index contributed by atoms with van der Waals surface area (Å²) in [7, 11) is 0. The number of hydrogen-bond acceptors (Lipinski definition) is 4. The fraction of sp³-hybridized carbons (Fsp3) is 0. The Hall–Kier alpha value is -2.61. The Balaban J connectivity index is 2.11. The predicted octanol–water partition coefficient (Wildman–Crippen LogP) is 2.47. The van der Waals surface area contributed by atoms with Gasteiger partial charge in [0.15, 0.2) is 11.5 Å². The highest BCUT2D eigenvalue weighted by molar-refractivity contribution is 7.71. The molecule has 0 aliphatic carbocycles. The van der Waals surface area contributed by atoms with E-state index in [1.165, 1.54) is 12.1 Å². The normalized spacial score (nSPS) is 11.4. The van der Waals surface area contributed by atoms with Crippen LogP contribution in [0.3, 0.4) is 0 Å². The van der Waals surface area contributed by atoms with Gasteiger partial charge >= 0.3 is 0 Å². The van der Waals surface area contributed by atoms with E-state index in [0.717, 1.165) is 10.9 Å². The van der Waals surface area contributed by atoms with Crippen molar-refractivity contribution in [1.29, 1.82) is 0 Å². The van der Waals surface area contributed by atoms with Crippen LogP contribution in [-0.2, 0) is 0 Å². The van der Waals surface area contributed by atoms with E-state index < -0.39 is 0 Å². The Morgan fingerprint density at radius 3 is 2.75 bits per heavy atom. The first kappa shape index (κ1) is 11.2. The fourth-order valence-corrected chi connectivity index (χ4v) is 2.42. The van der Waals surface area contributed by atoms with Crippen molar-refractivity contribution in [2.24, 2.45) is 0 Å². The van der Waals surface area contributed by atoms with Crippen LogP contribution in [0.2, 0.25) is 0 Å². The highest BCUT2D eigenvalue weighted by Crippen LogP contribution is 2.22. The van der Waals surface area contributed by atoms with Crippen molar-refractivity contribution in [3.05, 3.63) is 41.1 Å². The van der Waals surface area contributed by atoms with Gasteiger partial charge in [0.2, 0.25) is 4.77 Å².